The van der Waals surface area contributed by atoms with Crippen LogP contribution in [0.5, 0.6) is 0 Å². The summed E-state index contributed by atoms with van der Waals surface area (Å²) in [5, 5.41) is 7.14. The van der Waals surface area contributed by atoms with Crippen molar-refractivity contribution < 1.29 is 8.83 Å². The predicted molar refractivity (Wildman–Crippen MR) is 262 cm³/mol. The Balaban J connectivity index is 0.872. The van der Waals surface area contributed by atoms with Crippen LogP contribution in [-0.2, 0) is 0 Å². The molecule has 0 N–H and O–H groups in total. The number of hydrogen-bond acceptors (Lipinski definition) is 5. The molecule has 13 aromatic rings. The van der Waals surface area contributed by atoms with Gasteiger partial charge < -0.3 is 18.3 Å². The van der Waals surface area contributed by atoms with Crippen LogP contribution in [0, 0.1) is 0 Å². The van der Waals surface area contributed by atoms with Gasteiger partial charge in [-0.1, -0.05) is 115 Å². The van der Waals surface area contributed by atoms with Gasteiger partial charge in [0, 0.05) is 44.3 Å². The minimum Gasteiger partial charge on any atom is -0.436 e. The van der Waals surface area contributed by atoms with Gasteiger partial charge in [0.1, 0.15) is 11.0 Å². The standard InChI is InChI=1S/C58H36N4O2/c1-3-13-46-39(10-1)12-9-17-51(46)61(44-32-24-41(25-33-44)57-59-49-15-5-7-18-54(49)63-57)43-28-20-37(21-29-43)38-22-30-45(31-23-38)62-52-34-27-42(58-60-50-16-6-8-19-55(50)64-58)36-48(52)56-47-14-4-2-11-40(47)26-35-53(56)62/h1-36H. The summed E-state index contributed by atoms with van der Waals surface area (Å²) >= 11 is 0. The Morgan fingerprint density at radius 3 is 1.56 bits per heavy atom. The second kappa shape index (κ2) is 14.4. The number of para-hydroxylation sites is 4. The van der Waals surface area contributed by atoms with Crippen molar-refractivity contribution in [3.63, 3.8) is 0 Å². The smallest absolute Gasteiger partial charge is 0.227 e. The maximum Gasteiger partial charge on any atom is 0.227 e. The number of hydrogen-bond donors (Lipinski definition) is 0. The number of nitrogens with zero attached hydrogens (tertiary/aromatic N) is 4. The first-order valence-corrected chi connectivity index (χ1v) is 21.5. The van der Waals surface area contributed by atoms with E-state index in [0.29, 0.717) is 11.8 Å². The quantitative estimate of drug-likeness (QED) is 0.160. The molecular weight excluding hydrogens is 785 g/mol. The van der Waals surface area contributed by atoms with E-state index in [1.54, 1.807) is 0 Å². The zero-order valence-corrected chi connectivity index (χ0v) is 34.4. The number of rotatable bonds is 7. The van der Waals surface area contributed by atoms with E-state index in [2.05, 4.69) is 179 Å². The van der Waals surface area contributed by atoms with E-state index < -0.39 is 0 Å². The fourth-order valence-corrected chi connectivity index (χ4v) is 9.38. The summed E-state index contributed by atoms with van der Waals surface area (Å²) in [7, 11) is 0. The lowest BCUT2D eigenvalue weighted by molar-refractivity contribution is 0.619. The molecule has 0 atom stereocenters. The van der Waals surface area contributed by atoms with Gasteiger partial charge in [-0.05, 0) is 130 Å². The molecule has 0 amide bonds. The molecule has 0 aliphatic rings. The number of aromatic nitrogens is 3. The lowest BCUT2D eigenvalue weighted by Gasteiger charge is -2.27. The van der Waals surface area contributed by atoms with Gasteiger partial charge in [-0.15, -0.1) is 0 Å². The van der Waals surface area contributed by atoms with Crippen molar-refractivity contribution >= 4 is 82.6 Å². The third-order valence-electron chi connectivity index (χ3n) is 12.5. The Labute approximate surface area is 367 Å². The van der Waals surface area contributed by atoms with Crippen molar-refractivity contribution in [3.8, 4) is 39.7 Å². The van der Waals surface area contributed by atoms with Crippen molar-refractivity contribution in [1.29, 1.82) is 0 Å². The van der Waals surface area contributed by atoms with Crippen LogP contribution in [0.25, 0.3) is 105 Å². The molecule has 0 saturated heterocycles. The van der Waals surface area contributed by atoms with Crippen LogP contribution in [0.3, 0.4) is 0 Å². The van der Waals surface area contributed by atoms with E-state index in [4.69, 9.17) is 18.8 Å². The van der Waals surface area contributed by atoms with Gasteiger partial charge in [0.2, 0.25) is 11.8 Å². The third-order valence-corrected chi connectivity index (χ3v) is 12.5. The maximum absolute atomic E-state index is 6.23. The van der Waals surface area contributed by atoms with Gasteiger partial charge in [0.05, 0.1) is 16.7 Å². The Hall–Kier alpha value is -8.74. The van der Waals surface area contributed by atoms with Gasteiger partial charge in [0.25, 0.3) is 0 Å². The number of benzene rings is 10. The molecule has 0 aliphatic heterocycles. The molecule has 3 aromatic heterocycles. The van der Waals surface area contributed by atoms with Gasteiger partial charge in [-0.25, -0.2) is 9.97 Å². The van der Waals surface area contributed by atoms with Crippen LogP contribution in [0.1, 0.15) is 0 Å². The zero-order valence-electron chi connectivity index (χ0n) is 34.4. The minimum absolute atomic E-state index is 0.608. The van der Waals surface area contributed by atoms with E-state index in [1.807, 2.05) is 48.5 Å². The molecule has 0 bridgehead atoms. The van der Waals surface area contributed by atoms with Crippen molar-refractivity contribution in [2.24, 2.45) is 0 Å². The lowest BCUT2D eigenvalue weighted by atomic mass is 10.0. The topological polar surface area (TPSA) is 60.2 Å². The van der Waals surface area contributed by atoms with Crippen molar-refractivity contribution in [2.75, 3.05) is 4.90 Å². The van der Waals surface area contributed by atoms with Crippen LogP contribution in [-0.4, -0.2) is 14.5 Å². The first-order chi connectivity index (χ1) is 31.7. The summed E-state index contributed by atoms with van der Waals surface area (Å²) in [4.78, 5) is 11.9. The molecule has 0 saturated carbocycles. The van der Waals surface area contributed by atoms with Crippen LogP contribution in [0.4, 0.5) is 17.1 Å². The maximum atomic E-state index is 6.23. The van der Waals surface area contributed by atoms with Crippen molar-refractivity contribution in [2.45, 2.75) is 0 Å². The lowest BCUT2D eigenvalue weighted by Crippen LogP contribution is -2.10. The van der Waals surface area contributed by atoms with E-state index in [-0.39, 0.29) is 0 Å². The molecular formula is C58H36N4O2. The highest BCUT2D eigenvalue weighted by Gasteiger charge is 2.19. The second-order valence-electron chi connectivity index (χ2n) is 16.2. The van der Waals surface area contributed by atoms with E-state index >= 15 is 0 Å². The normalized spacial score (nSPS) is 11.8. The molecule has 13 rings (SSSR count). The fourth-order valence-electron chi connectivity index (χ4n) is 9.38. The Morgan fingerprint density at radius 2 is 0.891 bits per heavy atom. The molecule has 300 valence electrons. The van der Waals surface area contributed by atoms with Gasteiger partial charge in [-0.3, -0.25) is 0 Å². The van der Waals surface area contributed by atoms with E-state index in [9.17, 15) is 0 Å². The molecule has 0 unspecified atom stereocenters. The second-order valence-corrected chi connectivity index (χ2v) is 16.2. The molecule has 6 heteroatoms. The summed E-state index contributed by atoms with van der Waals surface area (Å²) in [5.41, 5.74) is 14.0. The predicted octanol–water partition coefficient (Wildman–Crippen LogP) is 15.8. The van der Waals surface area contributed by atoms with Crippen molar-refractivity contribution in [1.82, 2.24) is 14.5 Å². The van der Waals surface area contributed by atoms with Gasteiger partial charge >= 0.3 is 0 Å². The average Bonchev–Trinajstić information content (AvgIpc) is 4.09. The van der Waals surface area contributed by atoms with E-state index in [1.165, 1.54) is 26.9 Å². The van der Waals surface area contributed by atoms with E-state index in [0.717, 1.165) is 83.6 Å². The first-order valence-electron chi connectivity index (χ1n) is 21.5. The molecule has 6 nitrogen and oxygen atoms in total. The van der Waals surface area contributed by atoms with Gasteiger partial charge in [0.15, 0.2) is 11.2 Å². The first kappa shape index (κ1) is 36.0. The SMILES string of the molecule is c1ccc2c(N(c3ccc(-c4ccc(-n5c6ccc(-c7nc8ccccc8o7)cc6c6c7ccccc7ccc65)cc4)cc3)c3ccc(-c4nc5ccccc5o4)cc3)cccc2c1. The average molecular weight is 821 g/mol. The number of fused-ring (bicyclic) bond motifs is 8. The molecule has 0 aliphatic carbocycles. The fraction of sp³-hybridized carbons (Fsp3) is 0. The largest absolute Gasteiger partial charge is 0.436 e. The molecule has 3 heterocycles. The van der Waals surface area contributed by atoms with Crippen LogP contribution < -0.4 is 4.90 Å². The van der Waals surface area contributed by atoms with Crippen LogP contribution in [0.15, 0.2) is 227 Å². The third kappa shape index (κ3) is 5.88. The molecule has 0 radical (unpaired) electrons. The molecule has 10 aromatic carbocycles. The summed E-state index contributed by atoms with van der Waals surface area (Å²) in [6.07, 6.45) is 0. The Bertz CT molecular complexity index is 3830. The van der Waals surface area contributed by atoms with Crippen LogP contribution in [0.2, 0.25) is 0 Å². The molecule has 0 fully saturated rings. The molecule has 64 heavy (non-hydrogen) atoms. The zero-order chi connectivity index (χ0) is 42.1. The summed E-state index contributed by atoms with van der Waals surface area (Å²) < 4.78 is 14.7. The molecule has 0 spiro atoms. The highest BCUT2D eigenvalue weighted by molar-refractivity contribution is 6.22. The Kier molecular flexibility index (Phi) is 8.11. The highest BCUT2D eigenvalue weighted by atomic mass is 16.4. The van der Waals surface area contributed by atoms with Crippen LogP contribution >= 0.6 is 0 Å². The summed E-state index contributed by atoms with van der Waals surface area (Å²) in [6, 6.07) is 76.7. The van der Waals surface area contributed by atoms with Crippen molar-refractivity contribution in [3.05, 3.63) is 218 Å². The monoisotopic (exact) mass is 820 g/mol. The number of oxazole rings is 2. The number of anilines is 3. The summed E-state index contributed by atoms with van der Waals surface area (Å²) in [6.45, 7) is 0. The minimum atomic E-state index is 0.608. The highest BCUT2D eigenvalue weighted by Crippen LogP contribution is 2.42. The summed E-state index contributed by atoms with van der Waals surface area (Å²) in [5.74, 6) is 1.23. The van der Waals surface area contributed by atoms with Gasteiger partial charge in [-0.2, -0.15) is 0 Å². The Morgan fingerprint density at radius 1 is 0.375 bits per heavy atom.